The van der Waals surface area contributed by atoms with Gasteiger partial charge in [0.1, 0.15) is 24.4 Å². The third kappa shape index (κ3) is 11.1. The van der Waals surface area contributed by atoms with E-state index in [0.717, 1.165) is 37.7 Å². The van der Waals surface area contributed by atoms with Gasteiger partial charge in [0.25, 0.3) is 5.91 Å². The van der Waals surface area contributed by atoms with Crippen LogP contribution in [0.2, 0.25) is 0 Å². The number of benzene rings is 2. The monoisotopic (exact) mass is 793 g/mol. The fourth-order valence-electron chi connectivity index (χ4n) is 7.90. The summed E-state index contributed by atoms with van der Waals surface area (Å²) in [4.78, 5) is 68.5. The highest BCUT2D eigenvalue weighted by molar-refractivity contribution is 7.91. The number of rotatable bonds is 16. The van der Waals surface area contributed by atoms with E-state index in [1.807, 2.05) is 65.0 Å². The number of Topliss-reactive ketones (excluding diaryl/α,β-unsaturated/α-hetero) is 1. The predicted octanol–water partition coefficient (Wildman–Crippen LogP) is 4.67. The lowest BCUT2D eigenvalue weighted by atomic mass is 9.83. The molecule has 2 aromatic rings. The molecule has 5 amide bonds. The van der Waals surface area contributed by atoms with Crippen LogP contribution >= 0.6 is 0 Å². The quantitative estimate of drug-likeness (QED) is 0.176. The second-order valence-electron chi connectivity index (χ2n) is 17.5. The predicted molar refractivity (Wildman–Crippen MR) is 212 cm³/mol. The summed E-state index contributed by atoms with van der Waals surface area (Å²) in [6, 6.07) is 12.2. The van der Waals surface area contributed by atoms with Crippen LogP contribution in [0.4, 0.5) is 4.79 Å². The van der Waals surface area contributed by atoms with Crippen LogP contribution in [0, 0.1) is 23.2 Å². The number of likely N-dealkylation sites (tertiary alicyclic amines) is 1. The molecule has 2 aliphatic carbocycles. The molecule has 0 spiro atoms. The lowest BCUT2D eigenvalue weighted by Gasteiger charge is -2.40. The molecule has 1 heterocycles. The molecule has 2 saturated carbocycles. The molecule has 5 N–H and O–H groups in total. The van der Waals surface area contributed by atoms with Crippen molar-refractivity contribution in [3.05, 3.63) is 60.2 Å². The number of nitrogens with two attached hydrogens (primary N) is 1. The zero-order chi connectivity index (χ0) is 40.8. The Balaban J connectivity index is 1.32. The van der Waals surface area contributed by atoms with Gasteiger partial charge in [-0.05, 0) is 72.6 Å². The number of nitrogens with zero attached hydrogens (tertiary/aromatic N) is 1. The van der Waals surface area contributed by atoms with Gasteiger partial charge in [0.2, 0.25) is 17.6 Å². The number of amides is 5. The molecule has 4 atom stereocenters. The Kier molecular flexibility index (Phi) is 13.5. The van der Waals surface area contributed by atoms with Gasteiger partial charge in [0.05, 0.1) is 22.2 Å². The average molecular weight is 794 g/mol. The van der Waals surface area contributed by atoms with E-state index in [1.165, 1.54) is 17.0 Å². The molecule has 3 aliphatic rings. The maximum atomic E-state index is 14.5. The Bertz CT molecular complexity index is 1850. The zero-order valence-corrected chi connectivity index (χ0v) is 34.2. The van der Waals surface area contributed by atoms with Gasteiger partial charge in [-0.15, -0.1) is 0 Å². The van der Waals surface area contributed by atoms with Crippen molar-refractivity contribution in [3.8, 4) is 5.75 Å². The van der Waals surface area contributed by atoms with Crippen molar-refractivity contribution in [3.63, 3.8) is 0 Å². The number of nitrogens with one attached hydrogen (secondary N) is 3. The number of carbonyl (C=O) groups is 5. The zero-order valence-electron chi connectivity index (χ0n) is 33.3. The number of hydrogen-bond acceptors (Lipinski definition) is 8. The van der Waals surface area contributed by atoms with Crippen LogP contribution in [-0.2, 0) is 35.6 Å². The van der Waals surface area contributed by atoms with E-state index < -0.39 is 68.5 Å². The third-order valence-corrected chi connectivity index (χ3v) is 13.4. The average Bonchev–Trinajstić information content (AvgIpc) is 3.85. The number of ketones is 1. The van der Waals surface area contributed by atoms with Crippen LogP contribution in [0.15, 0.2) is 59.5 Å². The molecule has 2 aromatic carbocycles. The van der Waals surface area contributed by atoms with Crippen molar-refractivity contribution in [2.75, 3.05) is 12.3 Å². The lowest BCUT2D eigenvalue weighted by Crippen LogP contribution is -2.63. The molecular weight excluding hydrogens is 735 g/mol. The molecule has 13 nitrogen and oxygen atoms in total. The molecule has 0 aromatic heterocycles. The largest absolute Gasteiger partial charge is 0.489 e. The normalized spacial score (nSPS) is 20.8. The maximum absolute atomic E-state index is 14.5. The van der Waals surface area contributed by atoms with Crippen LogP contribution in [0.3, 0.4) is 0 Å². The summed E-state index contributed by atoms with van der Waals surface area (Å²) in [6.45, 7) is 10.00. The van der Waals surface area contributed by atoms with Gasteiger partial charge in [-0.25, -0.2) is 13.2 Å². The second-order valence-corrected chi connectivity index (χ2v) is 19.5. The van der Waals surface area contributed by atoms with E-state index in [0.29, 0.717) is 31.4 Å². The summed E-state index contributed by atoms with van der Waals surface area (Å²) in [5.74, 6) is -2.60. The standard InChI is InChI=1S/C42H59N5O8S/c1-27(2)30-22-34(38(50)44-33(21-28-17-18-28)35(48)37(43)49)47(24-30)39(51)36(41(3,4)5)45-40(52)46-42(19-10-7-11-20-42)26-56(53,54)32-16-12-15-31(23-32)55-25-29-13-8-6-9-14-29/h6,8-9,12-16,23,27-28,30,33-34,36H,7,10-11,17-22,24-26H2,1-5H3,(H2,43,49)(H,44,50)(H2,45,46,52). The SMILES string of the molecule is CC(C)C1CC(C(=O)NC(CC2CC2)C(=O)C(N)=O)N(C(=O)C(NC(=O)NC2(CS(=O)(=O)c3cccc(OCc4ccccc4)c3)CCCCC2)C(C)(C)C)C1. The number of hydrogen-bond donors (Lipinski definition) is 4. The Morgan fingerprint density at radius 3 is 2.23 bits per heavy atom. The first-order chi connectivity index (χ1) is 26.4. The van der Waals surface area contributed by atoms with Gasteiger partial charge >= 0.3 is 6.03 Å². The van der Waals surface area contributed by atoms with E-state index in [4.69, 9.17) is 10.5 Å². The highest BCUT2D eigenvalue weighted by Gasteiger charge is 2.47. The smallest absolute Gasteiger partial charge is 0.315 e. The first-order valence-electron chi connectivity index (χ1n) is 19.9. The van der Waals surface area contributed by atoms with Crippen molar-refractivity contribution in [2.24, 2.45) is 28.9 Å². The molecule has 1 aliphatic heterocycles. The van der Waals surface area contributed by atoms with Crippen molar-refractivity contribution < 1.29 is 37.1 Å². The Morgan fingerprint density at radius 1 is 0.946 bits per heavy atom. The summed E-state index contributed by atoms with van der Waals surface area (Å²) >= 11 is 0. The van der Waals surface area contributed by atoms with Gasteiger partial charge in [-0.1, -0.05) is 103 Å². The van der Waals surface area contributed by atoms with E-state index in [9.17, 15) is 32.4 Å². The number of ether oxygens (including phenoxy) is 1. The van der Waals surface area contributed by atoms with Gasteiger partial charge in [-0.2, -0.15) is 0 Å². The fraction of sp³-hybridized carbons (Fsp3) is 0.595. The van der Waals surface area contributed by atoms with Crippen molar-refractivity contribution in [2.45, 2.75) is 128 Å². The summed E-state index contributed by atoms with van der Waals surface area (Å²) in [6.07, 6.45) is 5.66. The van der Waals surface area contributed by atoms with E-state index in [1.54, 1.807) is 12.1 Å². The summed E-state index contributed by atoms with van der Waals surface area (Å²) < 4.78 is 33.9. The van der Waals surface area contributed by atoms with E-state index in [-0.39, 0.29) is 41.6 Å². The third-order valence-electron chi connectivity index (χ3n) is 11.5. The molecule has 3 fully saturated rings. The van der Waals surface area contributed by atoms with Crippen molar-refractivity contribution >= 4 is 39.4 Å². The van der Waals surface area contributed by atoms with Crippen LogP contribution in [0.5, 0.6) is 5.75 Å². The molecule has 0 radical (unpaired) electrons. The van der Waals surface area contributed by atoms with Gasteiger partial charge in [0.15, 0.2) is 9.84 Å². The molecule has 0 bridgehead atoms. The van der Waals surface area contributed by atoms with Crippen LogP contribution < -0.4 is 26.4 Å². The van der Waals surface area contributed by atoms with Gasteiger partial charge < -0.3 is 31.3 Å². The molecular formula is C42H59N5O8S. The number of carbonyl (C=O) groups excluding carboxylic acids is 5. The molecule has 4 unspecified atom stereocenters. The van der Waals surface area contributed by atoms with E-state index in [2.05, 4.69) is 16.0 Å². The van der Waals surface area contributed by atoms with Crippen molar-refractivity contribution in [1.82, 2.24) is 20.9 Å². The first-order valence-corrected chi connectivity index (χ1v) is 21.6. The number of urea groups is 1. The summed E-state index contributed by atoms with van der Waals surface area (Å²) in [5, 5.41) is 8.63. The maximum Gasteiger partial charge on any atom is 0.315 e. The van der Waals surface area contributed by atoms with E-state index >= 15 is 0 Å². The Morgan fingerprint density at radius 2 is 1.62 bits per heavy atom. The minimum absolute atomic E-state index is 0.0316. The minimum Gasteiger partial charge on any atom is -0.489 e. The topological polar surface area (TPSA) is 194 Å². The first kappa shape index (κ1) is 42.7. The molecule has 306 valence electrons. The molecule has 1 saturated heterocycles. The highest BCUT2D eigenvalue weighted by Crippen LogP contribution is 2.36. The van der Waals surface area contributed by atoms with Crippen molar-refractivity contribution in [1.29, 1.82) is 0 Å². The van der Waals surface area contributed by atoms with Crippen LogP contribution in [0.1, 0.15) is 98.0 Å². The van der Waals surface area contributed by atoms with Crippen LogP contribution in [0.25, 0.3) is 0 Å². The Labute approximate surface area is 331 Å². The molecule has 14 heteroatoms. The number of sulfone groups is 1. The molecule has 56 heavy (non-hydrogen) atoms. The fourth-order valence-corrected chi connectivity index (χ4v) is 9.74. The second kappa shape index (κ2) is 17.8. The van der Waals surface area contributed by atoms with Crippen LogP contribution in [-0.4, -0.2) is 78.8 Å². The van der Waals surface area contributed by atoms with Gasteiger partial charge in [-0.3, -0.25) is 19.2 Å². The highest BCUT2D eigenvalue weighted by atomic mass is 32.2. The summed E-state index contributed by atoms with van der Waals surface area (Å²) in [5.41, 5.74) is 4.37. The lowest BCUT2D eigenvalue weighted by molar-refractivity contribution is -0.143. The minimum atomic E-state index is -3.91. The summed E-state index contributed by atoms with van der Waals surface area (Å²) in [7, 11) is -3.91. The van der Waals surface area contributed by atoms with Gasteiger partial charge in [0, 0.05) is 6.54 Å². The molecule has 5 rings (SSSR count). The number of primary amides is 1. The Hall–Kier alpha value is -4.46.